The Bertz CT molecular complexity index is 295. The van der Waals surface area contributed by atoms with Crippen molar-refractivity contribution < 1.29 is 19.4 Å². The highest BCUT2D eigenvalue weighted by Gasteiger charge is 2.32. The molecule has 0 bridgehead atoms. The number of carboxylic acid groups (broad SMARTS) is 1. The van der Waals surface area contributed by atoms with Crippen LogP contribution in [0.4, 0.5) is 4.79 Å². The number of carbonyl (C=O) groups is 2. The predicted octanol–water partition coefficient (Wildman–Crippen LogP) is 2.29. The Labute approximate surface area is 108 Å². The molecule has 5 heteroatoms. The normalized spacial score (nSPS) is 18.7. The van der Waals surface area contributed by atoms with Gasteiger partial charge in [0.25, 0.3) is 0 Å². The summed E-state index contributed by atoms with van der Waals surface area (Å²) in [5, 5.41) is 8.86. The van der Waals surface area contributed by atoms with Crippen LogP contribution in [0.1, 0.15) is 46.0 Å². The first kappa shape index (κ1) is 15.0. The Balaban J connectivity index is 2.18. The topological polar surface area (TPSA) is 66.8 Å². The summed E-state index contributed by atoms with van der Waals surface area (Å²) in [6, 6.07) is 0. The first-order valence-corrected chi connectivity index (χ1v) is 6.54. The second kappa shape index (κ2) is 6.73. The second-order valence-electron chi connectivity index (χ2n) is 5.23. The molecule has 0 saturated carbocycles. The summed E-state index contributed by atoms with van der Waals surface area (Å²) in [5.74, 6) is 0.218. The van der Waals surface area contributed by atoms with Crippen LogP contribution in [0.3, 0.4) is 0 Å². The molecule has 1 saturated heterocycles. The van der Waals surface area contributed by atoms with E-state index >= 15 is 0 Å². The fourth-order valence-electron chi connectivity index (χ4n) is 2.11. The van der Waals surface area contributed by atoms with E-state index in [9.17, 15) is 9.59 Å². The maximum atomic E-state index is 10.8. The Morgan fingerprint density at radius 1 is 1.28 bits per heavy atom. The van der Waals surface area contributed by atoms with Gasteiger partial charge in [-0.2, -0.15) is 0 Å². The molecule has 1 heterocycles. The van der Waals surface area contributed by atoms with Crippen LogP contribution >= 0.6 is 0 Å². The van der Waals surface area contributed by atoms with Crippen LogP contribution in [-0.2, 0) is 9.53 Å². The minimum Gasteiger partial charge on any atom is -0.465 e. The predicted molar refractivity (Wildman–Crippen MR) is 67.7 cm³/mol. The van der Waals surface area contributed by atoms with Crippen LogP contribution in [0.15, 0.2) is 0 Å². The van der Waals surface area contributed by atoms with Crippen molar-refractivity contribution in [1.29, 1.82) is 0 Å². The third-order valence-electron chi connectivity index (χ3n) is 3.47. The molecule has 0 aliphatic carbocycles. The molecule has 0 unspecified atom stereocenters. The molecule has 5 nitrogen and oxygen atoms in total. The van der Waals surface area contributed by atoms with Gasteiger partial charge in [-0.3, -0.25) is 0 Å². The van der Waals surface area contributed by atoms with Crippen molar-refractivity contribution in [2.75, 3.05) is 19.7 Å². The number of Topliss-reactive ketones (excluding diaryl/α,β-unsaturated/α-hetero) is 1. The maximum Gasteiger partial charge on any atom is 0.407 e. The average Bonchev–Trinajstić information content (AvgIpc) is 2.28. The lowest BCUT2D eigenvalue weighted by Gasteiger charge is -2.38. The Morgan fingerprint density at radius 2 is 1.89 bits per heavy atom. The summed E-state index contributed by atoms with van der Waals surface area (Å²) in [4.78, 5) is 23.0. The first-order valence-electron chi connectivity index (χ1n) is 6.54. The number of piperidine rings is 1. The molecule has 0 aromatic carbocycles. The van der Waals surface area contributed by atoms with E-state index in [1.807, 2.05) is 6.92 Å². The van der Waals surface area contributed by atoms with Crippen molar-refractivity contribution in [3.8, 4) is 0 Å². The molecule has 0 radical (unpaired) electrons. The van der Waals surface area contributed by atoms with Crippen molar-refractivity contribution in [2.45, 2.75) is 51.6 Å². The molecule has 104 valence electrons. The lowest BCUT2D eigenvalue weighted by atomic mass is 9.93. The zero-order valence-corrected chi connectivity index (χ0v) is 11.3. The number of ketones is 1. The lowest BCUT2D eigenvalue weighted by molar-refractivity contribution is -0.117. The number of amides is 1. The van der Waals surface area contributed by atoms with Gasteiger partial charge in [0, 0.05) is 26.1 Å². The smallest absolute Gasteiger partial charge is 0.407 e. The third-order valence-corrected chi connectivity index (χ3v) is 3.47. The molecular formula is C13H23NO4. The molecule has 0 aromatic rings. The van der Waals surface area contributed by atoms with E-state index in [0.717, 1.165) is 25.7 Å². The maximum absolute atomic E-state index is 10.8. The largest absolute Gasteiger partial charge is 0.465 e. The number of unbranched alkanes of at least 4 members (excludes halogenated alkanes) is 1. The monoisotopic (exact) mass is 257 g/mol. The summed E-state index contributed by atoms with van der Waals surface area (Å²) >= 11 is 0. The van der Waals surface area contributed by atoms with Crippen LogP contribution in [0.5, 0.6) is 0 Å². The van der Waals surface area contributed by atoms with Crippen molar-refractivity contribution >= 4 is 11.9 Å². The van der Waals surface area contributed by atoms with E-state index < -0.39 is 6.09 Å². The SMILES string of the molecule is CC(=O)CCCCOC1(C)CCN(C(=O)O)CC1. The zero-order valence-electron chi connectivity index (χ0n) is 11.3. The number of ether oxygens (including phenoxy) is 1. The second-order valence-corrected chi connectivity index (χ2v) is 5.23. The van der Waals surface area contributed by atoms with Gasteiger partial charge in [-0.15, -0.1) is 0 Å². The van der Waals surface area contributed by atoms with Gasteiger partial charge >= 0.3 is 6.09 Å². The molecule has 1 amide bonds. The van der Waals surface area contributed by atoms with Crippen molar-refractivity contribution in [3.05, 3.63) is 0 Å². The van der Waals surface area contributed by atoms with Crippen molar-refractivity contribution in [3.63, 3.8) is 0 Å². The number of rotatable bonds is 6. The van der Waals surface area contributed by atoms with Crippen LogP contribution in [-0.4, -0.2) is 47.2 Å². The van der Waals surface area contributed by atoms with E-state index in [4.69, 9.17) is 9.84 Å². The molecule has 1 fully saturated rings. The molecule has 18 heavy (non-hydrogen) atoms. The van der Waals surface area contributed by atoms with Gasteiger partial charge < -0.3 is 19.5 Å². The molecule has 0 aromatic heterocycles. The van der Waals surface area contributed by atoms with E-state index in [0.29, 0.717) is 26.1 Å². The molecule has 1 aliphatic rings. The van der Waals surface area contributed by atoms with Crippen molar-refractivity contribution in [2.24, 2.45) is 0 Å². The highest BCUT2D eigenvalue weighted by atomic mass is 16.5. The molecule has 0 atom stereocenters. The lowest BCUT2D eigenvalue weighted by Crippen LogP contribution is -2.46. The quantitative estimate of drug-likeness (QED) is 0.741. The highest BCUT2D eigenvalue weighted by Crippen LogP contribution is 2.26. The van der Waals surface area contributed by atoms with E-state index in [2.05, 4.69) is 0 Å². The Kier molecular flexibility index (Phi) is 5.59. The number of hydrogen-bond donors (Lipinski definition) is 1. The number of likely N-dealkylation sites (tertiary alicyclic amines) is 1. The Hall–Kier alpha value is -1.10. The molecule has 1 N–H and O–H groups in total. The molecule has 0 spiro atoms. The van der Waals surface area contributed by atoms with Gasteiger partial charge in [0.05, 0.1) is 5.60 Å². The zero-order chi connectivity index (χ0) is 13.6. The molecule has 1 rings (SSSR count). The third kappa shape index (κ3) is 5.04. The standard InChI is InChI=1S/C13H23NO4/c1-11(15)5-3-4-10-18-13(2)6-8-14(9-7-13)12(16)17/h3-10H2,1-2H3,(H,16,17). The average molecular weight is 257 g/mol. The number of nitrogens with zero attached hydrogens (tertiary/aromatic N) is 1. The fourth-order valence-corrected chi connectivity index (χ4v) is 2.11. The van der Waals surface area contributed by atoms with Gasteiger partial charge in [-0.1, -0.05) is 0 Å². The number of hydrogen-bond acceptors (Lipinski definition) is 3. The van der Waals surface area contributed by atoms with E-state index in [1.165, 1.54) is 4.90 Å². The fraction of sp³-hybridized carbons (Fsp3) is 0.846. The summed E-state index contributed by atoms with van der Waals surface area (Å²) in [6.45, 7) is 5.37. The van der Waals surface area contributed by atoms with Gasteiger partial charge in [-0.05, 0) is 39.5 Å². The van der Waals surface area contributed by atoms with E-state index in [1.54, 1.807) is 6.92 Å². The summed E-state index contributed by atoms with van der Waals surface area (Å²) < 4.78 is 5.85. The van der Waals surface area contributed by atoms with Crippen LogP contribution in [0.25, 0.3) is 0 Å². The van der Waals surface area contributed by atoms with Crippen LogP contribution in [0, 0.1) is 0 Å². The van der Waals surface area contributed by atoms with Crippen LogP contribution < -0.4 is 0 Å². The summed E-state index contributed by atoms with van der Waals surface area (Å²) in [5.41, 5.74) is -0.206. The minimum absolute atomic E-state index is 0.206. The van der Waals surface area contributed by atoms with Gasteiger partial charge in [-0.25, -0.2) is 4.79 Å². The number of carbonyl (C=O) groups excluding carboxylic acids is 1. The Morgan fingerprint density at radius 3 is 2.39 bits per heavy atom. The van der Waals surface area contributed by atoms with Gasteiger partial charge in [0.1, 0.15) is 5.78 Å². The summed E-state index contributed by atoms with van der Waals surface area (Å²) in [6.07, 6.45) is 3.01. The molecule has 1 aliphatic heterocycles. The van der Waals surface area contributed by atoms with Gasteiger partial charge in [0.2, 0.25) is 0 Å². The molecular weight excluding hydrogens is 234 g/mol. The van der Waals surface area contributed by atoms with Gasteiger partial charge in [0.15, 0.2) is 0 Å². The highest BCUT2D eigenvalue weighted by molar-refractivity contribution is 5.75. The van der Waals surface area contributed by atoms with Crippen molar-refractivity contribution in [1.82, 2.24) is 4.90 Å². The van der Waals surface area contributed by atoms with E-state index in [-0.39, 0.29) is 11.4 Å². The van der Waals surface area contributed by atoms with Crippen LogP contribution in [0.2, 0.25) is 0 Å². The minimum atomic E-state index is -0.849. The first-order chi connectivity index (χ1) is 8.43. The summed E-state index contributed by atoms with van der Waals surface area (Å²) in [7, 11) is 0.